The number of rotatable bonds is 8. The summed E-state index contributed by atoms with van der Waals surface area (Å²) in [5.41, 5.74) is 3.79. The Bertz CT molecular complexity index is 935. The number of methoxy groups -OCH3 is 1. The molecule has 28 heavy (non-hydrogen) atoms. The molecule has 1 N–H and O–H groups in total. The van der Waals surface area contributed by atoms with E-state index in [2.05, 4.69) is 41.5 Å². The van der Waals surface area contributed by atoms with Crippen molar-refractivity contribution in [1.29, 1.82) is 0 Å². The summed E-state index contributed by atoms with van der Waals surface area (Å²) >= 11 is 1.55. The minimum atomic E-state index is -0.121. The molecule has 2 aromatic carbocycles. The van der Waals surface area contributed by atoms with Crippen LogP contribution in [0, 0.1) is 0 Å². The number of carbonyl (C=O) groups excluding carboxylic acids is 1. The number of thiazole rings is 1. The van der Waals surface area contributed by atoms with Crippen LogP contribution in [-0.4, -0.2) is 24.6 Å². The van der Waals surface area contributed by atoms with Crippen molar-refractivity contribution in [2.45, 2.75) is 26.7 Å². The minimum Gasteiger partial charge on any atom is -0.493 e. The Morgan fingerprint density at radius 2 is 1.89 bits per heavy atom. The summed E-state index contributed by atoms with van der Waals surface area (Å²) in [5.74, 6) is 1.12. The molecule has 0 saturated heterocycles. The molecule has 0 aliphatic rings. The Hall–Kier alpha value is -2.86. The van der Waals surface area contributed by atoms with Crippen LogP contribution < -0.4 is 14.8 Å². The lowest BCUT2D eigenvalue weighted by atomic mass is 10.1. The van der Waals surface area contributed by atoms with E-state index in [1.165, 1.54) is 5.56 Å². The fraction of sp³-hybridized carbons (Fsp3) is 0.273. The molecular weight excluding hydrogens is 372 g/mol. The highest BCUT2D eigenvalue weighted by Crippen LogP contribution is 2.30. The van der Waals surface area contributed by atoms with Crippen molar-refractivity contribution in [3.63, 3.8) is 0 Å². The molecule has 0 fully saturated rings. The highest BCUT2D eigenvalue weighted by molar-refractivity contribution is 7.13. The third kappa shape index (κ3) is 4.89. The Kier molecular flexibility index (Phi) is 6.66. The summed E-state index contributed by atoms with van der Waals surface area (Å²) in [5, 5.41) is 5.74. The molecule has 1 amide bonds. The molecule has 1 heterocycles. The molecular formula is C22H24N2O3S. The number of hydrogen-bond donors (Lipinski definition) is 1. The maximum atomic E-state index is 12.4. The largest absolute Gasteiger partial charge is 0.493 e. The monoisotopic (exact) mass is 396 g/mol. The molecule has 0 unspecified atom stereocenters. The van der Waals surface area contributed by atoms with Gasteiger partial charge in [-0.2, -0.15) is 0 Å². The Balaban J connectivity index is 1.64. The molecule has 0 radical (unpaired) electrons. The topological polar surface area (TPSA) is 60.5 Å². The Morgan fingerprint density at radius 1 is 1.11 bits per heavy atom. The number of nitrogens with zero attached hydrogens (tertiary/aromatic N) is 1. The number of aromatic nitrogens is 1. The average Bonchev–Trinajstić information content (AvgIpc) is 3.17. The van der Waals surface area contributed by atoms with Gasteiger partial charge in [0.25, 0.3) is 0 Å². The molecule has 0 aliphatic heterocycles. The van der Waals surface area contributed by atoms with E-state index in [0.29, 0.717) is 23.8 Å². The van der Waals surface area contributed by atoms with E-state index in [1.807, 2.05) is 12.3 Å². The molecule has 6 heteroatoms. The molecule has 0 aliphatic carbocycles. The lowest BCUT2D eigenvalue weighted by molar-refractivity contribution is -0.115. The van der Waals surface area contributed by atoms with Crippen LogP contribution in [0.4, 0.5) is 5.69 Å². The third-order valence-electron chi connectivity index (χ3n) is 4.25. The highest BCUT2D eigenvalue weighted by Gasteiger charge is 2.11. The van der Waals surface area contributed by atoms with Crippen LogP contribution in [0.2, 0.25) is 0 Å². The summed E-state index contributed by atoms with van der Waals surface area (Å²) in [4.78, 5) is 17.0. The lowest BCUT2D eigenvalue weighted by Crippen LogP contribution is -2.14. The first-order chi connectivity index (χ1) is 13.6. The molecule has 0 bridgehead atoms. The number of carbonyl (C=O) groups is 1. The van der Waals surface area contributed by atoms with E-state index in [9.17, 15) is 4.79 Å². The normalized spacial score (nSPS) is 10.5. The SMILES string of the molecule is CCOc1ccc(NC(=O)Cc2csc(-c3ccc(CC)cc3)n2)cc1OC. The van der Waals surface area contributed by atoms with Crippen molar-refractivity contribution in [2.75, 3.05) is 19.0 Å². The molecule has 0 spiro atoms. The van der Waals surface area contributed by atoms with Crippen molar-refractivity contribution in [1.82, 2.24) is 4.98 Å². The first-order valence-corrected chi connectivity index (χ1v) is 10.1. The van der Waals surface area contributed by atoms with Gasteiger partial charge in [0, 0.05) is 22.7 Å². The number of hydrogen-bond acceptors (Lipinski definition) is 5. The molecule has 0 atom stereocenters. The predicted molar refractivity (Wildman–Crippen MR) is 113 cm³/mol. The number of amides is 1. The number of anilines is 1. The van der Waals surface area contributed by atoms with Crippen LogP contribution in [0.3, 0.4) is 0 Å². The first-order valence-electron chi connectivity index (χ1n) is 9.27. The van der Waals surface area contributed by atoms with Gasteiger partial charge in [0.15, 0.2) is 11.5 Å². The van der Waals surface area contributed by atoms with Crippen molar-refractivity contribution >= 4 is 22.9 Å². The zero-order valence-corrected chi connectivity index (χ0v) is 17.1. The molecule has 3 rings (SSSR count). The van der Waals surface area contributed by atoms with Crippen LogP contribution in [-0.2, 0) is 17.6 Å². The highest BCUT2D eigenvalue weighted by atomic mass is 32.1. The first kappa shape index (κ1) is 19.9. The second kappa shape index (κ2) is 9.37. The summed E-state index contributed by atoms with van der Waals surface area (Å²) in [6.45, 7) is 4.60. The van der Waals surface area contributed by atoms with Crippen LogP contribution >= 0.6 is 11.3 Å². The summed E-state index contributed by atoms with van der Waals surface area (Å²) in [6, 6.07) is 13.7. The van der Waals surface area contributed by atoms with Crippen LogP contribution in [0.25, 0.3) is 10.6 Å². The molecule has 3 aromatic rings. The van der Waals surface area contributed by atoms with Crippen LogP contribution in [0.1, 0.15) is 25.1 Å². The van der Waals surface area contributed by atoms with Gasteiger partial charge in [0.1, 0.15) is 5.01 Å². The zero-order valence-electron chi connectivity index (χ0n) is 16.3. The maximum Gasteiger partial charge on any atom is 0.230 e. The van der Waals surface area contributed by atoms with Gasteiger partial charge < -0.3 is 14.8 Å². The van der Waals surface area contributed by atoms with Gasteiger partial charge >= 0.3 is 0 Å². The third-order valence-corrected chi connectivity index (χ3v) is 5.19. The van der Waals surface area contributed by atoms with E-state index in [1.54, 1.807) is 36.6 Å². The van der Waals surface area contributed by atoms with E-state index in [-0.39, 0.29) is 12.3 Å². The second-order valence-corrected chi connectivity index (χ2v) is 7.08. The van der Waals surface area contributed by atoms with Crippen LogP contribution in [0.5, 0.6) is 11.5 Å². The van der Waals surface area contributed by atoms with Gasteiger partial charge in [-0.25, -0.2) is 4.98 Å². The summed E-state index contributed by atoms with van der Waals surface area (Å²) in [6.07, 6.45) is 1.24. The van der Waals surface area contributed by atoms with Gasteiger partial charge in [0.2, 0.25) is 5.91 Å². The number of aryl methyl sites for hydroxylation is 1. The van der Waals surface area contributed by atoms with Gasteiger partial charge in [-0.05, 0) is 31.0 Å². The Morgan fingerprint density at radius 3 is 2.57 bits per heavy atom. The van der Waals surface area contributed by atoms with Gasteiger partial charge in [0.05, 0.1) is 25.8 Å². The fourth-order valence-corrected chi connectivity index (χ4v) is 3.62. The van der Waals surface area contributed by atoms with E-state index < -0.39 is 0 Å². The number of benzene rings is 2. The van der Waals surface area contributed by atoms with E-state index in [0.717, 1.165) is 22.7 Å². The number of ether oxygens (including phenoxy) is 2. The molecule has 0 saturated carbocycles. The quantitative estimate of drug-likeness (QED) is 0.584. The molecule has 146 valence electrons. The second-order valence-electron chi connectivity index (χ2n) is 6.22. The minimum absolute atomic E-state index is 0.121. The maximum absolute atomic E-state index is 12.4. The van der Waals surface area contributed by atoms with E-state index in [4.69, 9.17) is 9.47 Å². The summed E-state index contributed by atoms with van der Waals surface area (Å²) in [7, 11) is 1.58. The number of nitrogens with one attached hydrogen (secondary N) is 1. The van der Waals surface area contributed by atoms with E-state index >= 15 is 0 Å². The van der Waals surface area contributed by atoms with Crippen molar-refractivity contribution in [3.05, 3.63) is 59.1 Å². The molecule has 1 aromatic heterocycles. The zero-order chi connectivity index (χ0) is 19.9. The molecule has 5 nitrogen and oxygen atoms in total. The van der Waals surface area contributed by atoms with Crippen molar-refractivity contribution in [2.24, 2.45) is 0 Å². The standard InChI is InChI=1S/C22H24N2O3S/c1-4-15-6-8-16(9-7-15)22-24-18(14-28-22)13-21(25)23-17-10-11-19(27-5-2)20(12-17)26-3/h6-12,14H,4-5,13H2,1-3H3,(H,23,25). The van der Waals surface area contributed by atoms with Gasteiger partial charge in [-0.3, -0.25) is 4.79 Å². The van der Waals surface area contributed by atoms with Crippen molar-refractivity contribution in [3.8, 4) is 22.1 Å². The smallest absolute Gasteiger partial charge is 0.230 e. The Labute approximate surface area is 169 Å². The van der Waals surface area contributed by atoms with Crippen LogP contribution in [0.15, 0.2) is 47.8 Å². The predicted octanol–water partition coefficient (Wildman–Crippen LogP) is 4.96. The fourth-order valence-electron chi connectivity index (χ4n) is 2.79. The summed E-state index contributed by atoms with van der Waals surface area (Å²) < 4.78 is 10.8. The van der Waals surface area contributed by atoms with Gasteiger partial charge in [-0.1, -0.05) is 31.2 Å². The average molecular weight is 397 g/mol. The lowest BCUT2D eigenvalue weighted by Gasteiger charge is -2.11. The van der Waals surface area contributed by atoms with Crippen molar-refractivity contribution < 1.29 is 14.3 Å². The van der Waals surface area contributed by atoms with Gasteiger partial charge in [-0.15, -0.1) is 11.3 Å².